The van der Waals surface area contributed by atoms with Crippen LogP contribution in [0.25, 0.3) is 5.82 Å². The molecule has 3 heterocycles. The van der Waals surface area contributed by atoms with Gasteiger partial charge in [0.1, 0.15) is 6.61 Å². The van der Waals surface area contributed by atoms with Gasteiger partial charge < -0.3 is 19.8 Å². The Morgan fingerprint density at radius 3 is 2.88 bits per heavy atom. The number of nitrogens with zero attached hydrogens (tertiary/aromatic N) is 5. The molecule has 0 aliphatic carbocycles. The lowest BCUT2D eigenvalue weighted by molar-refractivity contribution is -0.128. The third kappa shape index (κ3) is 4.96. The fraction of sp³-hybridized carbons (Fsp3) is 0.292. The first-order valence-electron chi connectivity index (χ1n) is 10.8. The molecule has 1 aromatic carbocycles. The molecule has 1 N–H and O–H groups in total. The molecule has 0 saturated carbocycles. The van der Waals surface area contributed by atoms with Crippen molar-refractivity contribution in [3.8, 4) is 5.82 Å². The number of pyridine rings is 1. The van der Waals surface area contributed by atoms with Crippen LogP contribution in [0, 0.1) is 6.92 Å². The van der Waals surface area contributed by atoms with Gasteiger partial charge >= 0.3 is 12.4 Å². The molecule has 0 amide bonds. The highest BCUT2D eigenvalue weighted by Crippen LogP contribution is 2.26. The molecule has 0 unspecified atom stereocenters. The molecular weight excluding hydrogens is 436 g/mol. The van der Waals surface area contributed by atoms with Gasteiger partial charge in [0.25, 0.3) is 0 Å². The van der Waals surface area contributed by atoms with E-state index in [9.17, 15) is 9.59 Å². The van der Waals surface area contributed by atoms with Gasteiger partial charge in [0.05, 0.1) is 11.8 Å². The second kappa shape index (κ2) is 10.3. The van der Waals surface area contributed by atoms with E-state index in [1.165, 1.54) is 5.56 Å². The van der Waals surface area contributed by atoms with Crippen molar-refractivity contribution in [2.45, 2.75) is 26.5 Å². The number of fused-ring (bicyclic) bond motifs is 1. The molecule has 0 saturated heterocycles. The Kier molecular flexibility index (Phi) is 6.98. The number of carbonyl (C=O) groups excluding carboxylic acids is 2. The number of esters is 1. The first-order chi connectivity index (χ1) is 16.5. The Morgan fingerprint density at radius 2 is 2.15 bits per heavy atom. The lowest BCUT2D eigenvalue weighted by Gasteiger charge is -2.14. The third-order valence-corrected chi connectivity index (χ3v) is 5.66. The molecule has 0 bridgehead atoms. The van der Waals surface area contributed by atoms with E-state index in [4.69, 9.17) is 4.74 Å². The van der Waals surface area contributed by atoms with E-state index >= 15 is 0 Å². The van der Waals surface area contributed by atoms with Gasteiger partial charge in [0.15, 0.2) is 11.7 Å². The Labute approximate surface area is 197 Å². The minimum absolute atomic E-state index is 0.234. The van der Waals surface area contributed by atoms with Crippen molar-refractivity contribution in [1.29, 1.82) is 0 Å². The standard InChI is InChI=1S/C24H26N6O4/c1-16-18(4-6-20-21(16)14-33-24(20)32)8-9-25-10-17-11-27-30(13-17)22-7-5-19(12-26-22)23(29(2)3)28-34-15-31/h4-7,11-13,15,25H,8-10,14H2,1-3H3/b28-23-. The lowest BCUT2D eigenvalue weighted by atomic mass is 9.97. The number of cyclic esters (lactones) is 1. The van der Waals surface area contributed by atoms with E-state index in [-0.39, 0.29) is 12.4 Å². The van der Waals surface area contributed by atoms with E-state index in [1.807, 2.05) is 37.4 Å². The van der Waals surface area contributed by atoms with Crippen LogP contribution in [-0.4, -0.2) is 58.6 Å². The van der Waals surface area contributed by atoms with Gasteiger partial charge in [-0.1, -0.05) is 11.2 Å². The number of aromatic nitrogens is 3. The number of oxime groups is 1. The number of amidine groups is 1. The average Bonchev–Trinajstić information content (AvgIpc) is 3.46. The van der Waals surface area contributed by atoms with Gasteiger partial charge in [-0.2, -0.15) is 5.10 Å². The van der Waals surface area contributed by atoms with Crippen LogP contribution in [0.1, 0.15) is 38.2 Å². The first kappa shape index (κ1) is 23.1. The summed E-state index contributed by atoms with van der Waals surface area (Å²) in [4.78, 5) is 32.8. The van der Waals surface area contributed by atoms with Crippen LogP contribution < -0.4 is 5.32 Å². The highest BCUT2D eigenvalue weighted by molar-refractivity contribution is 5.98. The molecule has 0 spiro atoms. The zero-order valence-electron chi connectivity index (χ0n) is 19.3. The van der Waals surface area contributed by atoms with Gasteiger partial charge in [0, 0.05) is 49.7 Å². The maximum atomic E-state index is 11.7. The largest absolute Gasteiger partial charge is 0.457 e. The molecule has 4 rings (SSSR count). The van der Waals surface area contributed by atoms with Crippen molar-refractivity contribution in [3.05, 3.63) is 76.2 Å². The van der Waals surface area contributed by atoms with Crippen LogP contribution in [-0.2, 0) is 33.9 Å². The Hall–Kier alpha value is -4.05. The number of rotatable bonds is 9. The molecule has 1 aliphatic heterocycles. The van der Waals surface area contributed by atoms with Crippen molar-refractivity contribution in [2.24, 2.45) is 5.16 Å². The zero-order valence-corrected chi connectivity index (χ0v) is 19.3. The smallest absolute Gasteiger partial charge is 0.338 e. The van der Waals surface area contributed by atoms with Crippen LogP contribution in [0.2, 0.25) is 0 Å². The summed E-state index contributed by atoms with van der Waals surface area (Å²) in [6, 6.07) is 7.53. The molecule has 176 valence electrons. The topological polar surface area (TPSA) is 111 Å². The quantitative estimate of drug-likeness (QED) is 0.0978. The third-order valence-electron chi connectivity index (χ3n) is 5.66. The second-order valence-electron chi connectivity index (χ2n) is 8.09. The summed E-state index contributed by atoms with van der Waals surface area (Å²) in [5, 5.41) is 11.6. The Balaban J connectivity index is 1.33. The summed E-state index contributed by atoms with van der Waals surface area (Å²) < 4.78 is 6.84. The zero-order chi connectivity index (χ0) is 24.1. The predicted octanol–water partition coefficient (Wildman–Crippen LogP) is 1.97. The number of hydrogen-bond donors (Lipinski definition) is 1. The second-order valence-corrected chi connectivity index (χ2v) is 8.09. The summed E-state index contributed by atoms with van der Waals surface area (Å²) in [5.74, 6) is 0.909. The summed E-state index contributed by atoms with van der Waals surface area (Å²) in [5.41, 5.74) is 5.77. The van der Waals surface area contributed by atoms with Gasteiger partial charge in [-0.25, -0.2) is 14.5 Å². The molecule has 1 aliphatic rings. The number of ether oxygens (including phenoxy) is 1. The molecule has 10 nitrogen and oxygen atoms in total. The van der Waals surface area contributed by atoms with Crippen LogP contribution >= 0.6 is 0 Å². The van der Waals surface area contributed by atoms with Gasteiger partial charge in [-0.15, -0.1) is 0 Å². The fourth-order valence-corrected chi connectivity index (χ4v) is 3.82. The number of hydrogen-bond acceptors (Lipinski definition) is 8. The molecule has 34 heavy (non-hydrogen) atoms. The summed E-state index contributed by atoms with van der Waals surface area (Å²) in [6.45, 7) is 4.15. The minimum atomic E-state index is -0.234. The van der Waals surface area contributed by atoms with Gasteiger partial charge in [-0.3, -0.25) is 4.79 Å². The summed E-state index contributed by atoms with van der Waals surface area (Å²) in [6.07, 6.45) is 6.24. The molecule has 0 atom stereocenters. The Morgan fingerprint density at radius 1 is 1.29 bits per heavy atom. The summed E-state index contributed by atoms with van der Waals surface area (Å²) in [7, 11) is 3.60. The van der Waals surface area contributed by atoms with Gasteiger partial charge in [0.2, 0.25) is 0 Å². The number of nitrogens with one attached hydrogen (secondary N) is 1. The van der Waals surface area contributed by atoms with Crippen molar-refractivity contribution in [2.75, 3.05) is 20.6 Å². The van der Waals surface area contributed by atoms with E-state index < -0.39 is 0 Å². The van der Waals surface area contributed by atoms with E-state index in [1.54, 1.807) is 36.1 Å². The Bertz CT molecular complexity index is 1220. The SMILES string of the molecule is Cc1c(CCNCc2cnn(-c3ccc(/C(=N/OC=O)N(C)C)cn3)c2)ccc2c1COC2=O. The van der Waals surface area contributed by atoms with Crippen LogP contribution in [0.15, 0.2) is 48.0 Å². The van der Waals surface area contributed by atoms with Crippen molar-refractivity contribution < 1.29 is 19.2 Å². The van der Waals surface area contributed by atoms with Crippen molar-refractivity contribution in [3.63, 3.8) is 0 Å². The summed E-state index contributed by atoms with van der Waals surface area (Å²) >= 11 is 0. The van der Waals surface area contributed by atoms with E-state index in [2.05, 4.69) is 25.4 Å². The molecule has 2 aromatic heterocycles. The molecule has 0 radical (unpaired) electrons. The van der Waals surface area contributed by atoms with Crippen LogP contribution in [0.4, 0.5) is 0 Å². The van der Waals surface area contributed by atoms with Crippen molar-refractivity contribution in [1.82, 2.24) is 25.0 Å². The fourth-order valence-electron chi connectivity index (χ4n) is 3.82. The van der Waals surface area contributed by atoms with Crippen molar-refractivity contribution >= 4 is 18.3 Å². The minimum Gasteiger partial charge on any atom is -0.457 e. The first-order valence-corrected chi connectivity index (χ1v) is 10.8. The molecule has 0 fully saturated rings. The van der Waals surface area contributed by atoms with E-state index in [0.29, 0.717) is 35.9 Å². The lowest BCUT2D eigenvalue weighted by Crippen LogP contribution is -2.23. The highest BCUT2D eigenvalue weighted by atomic mass is 16.7. The van der Waals surface area contributed by atoms with E-state index in [0.717, 1.165) is 29.7 Å². The average molecular weight is 463 g/mol. The molecular formula is C24H26N6O4. The van der Waals surface area contributed by atoms with Crippen LogP contribution in [0.5, 0.6) is 0 Å². The monoisotopic (exact) mass is 462 g/mol. The number of benzene rings is 1. The normalized spacial score (nSPS) is 12.9. The van der Waals surface area contributed by atoms with Crippen LogP contribution in [0.3, 0.4) is 0 Å². The maximum absolute atomic E-state index is 11.7. The molecule has 3 aromatic rings. The predicted molar refractivity (Wildman–Crippen MR) is 124 cm³/mol. The number of carbonyl (C=O) groups is 2. The highest BCUT2D eigenvalue weighted by Gasteiger charge is 2.23. The van der Waals surface area contributed by atoms with Gasteiger partial charge in [-0.05, 0) is 49.2 Å². The maximum Gasteiger partial charge on any atom is 0.338 e. The molecule has 10 heteroatoms.